The molecule has 2 aromatic heterocycles. The van der Waals surface area contributed by atoms with E-state index in [0.717, 1.165) is 60.6 Å². The monoisotopic (exact) mass is 583 g/mol. The normalized spacial score (nSPS) is 13.5. The maximum Gasteiger partial charge on any atom is 0.247 e. The van der Waals surface area contributed by atoms with E-state index in [2.05, 4.69) is 37.1 Å². The number of nitrogens with one attached hydrogen (secondary N) is 2. The number of nitrogens with zero attached hydrogens (tertiary/aromatic N) is 7. The lowest BCUT2D eigenvalue weighted by molar-refractivity contribution is -0.130. The first-order valence-corrected chi connectivity index (χ1v) is 14.1. The van der Waals surface area contributed by atoms with Crippen LogP contribution in [0, 0.1) is 0 Å². The zero-order valence-corrected chi connectivity index (χ0v) is 25.0. The number of fused-ring (bicyclic) bond motifs is 1. The third kappa shape index (κ3) is 6.75. The number of benzene rings is 2. The number of aromatic nitrogens is 4. The van der Waals surface area contributed by atoms with Gasteiger partial charge in [0.05, 0.1) is 41.6 Å². The number of methoxy groups -OCH3 is 1. The molecule has 0 saturated carbocycles. The molecule has 5 rings (SSSR count). The Hall–Kier alpha value is -4.97. The predicted octanol–water partition coefficient (Wildman–Crippen LogP) is 3.51. The molecule has 1 aliphatic heterocycles. The highest BCUT2D eigenvalue weighted by molar-refractivity contribution is 6.02. The fourth-order valence-corrected chi connectivity index (χ4v) is 5.16. The maximum atomic E-state index is 12.4. The Morgan fingerprint density at radius 3 is 2.63 bits per heavy atom. The topological polar surface area (TPSA) is 121 Å². The molecule has 0 radical (unpaired) electrons. The lowest BCUT2D eigenvalue weighted by Gasteiger charge is -2.35. The second-order valence-corrected chi connectivity index (χ2v) is 10.5. The second-order valence-electron chi connectivity index (χ2n) is 10.5. The van der Waals surface area contributed by atoms with E-state index in [9.17, 15) is 9.59 Å². The van der Waals surface area contributed by atoms with Crippen molar-refractivity contribution < 1.29 is 14.3 Å². The number of carbonyl (C=O) groups excluding carboxylic acids is 2. The van der Waals surface area contributed by atoms with Crippen molar-refractivity contribution in [3.05, 3.63) is 61.4 Å². The first-order chi connectivity index (χ1) is 20.7. The number of rotatable bonds is 10. The Labute approximate surface area is 251 Å². The van der Waals surface area contributed by atoms with E-state index in [-0.39, 0.29) is 11.8 Å². The largest absolute Gasteiger partial charge is 0.494 e. The number of carbonyl (C=O) groups is 2. The molecule has 3 heterocycles. The number of likely N-dealkylation sites (N-methyl/N-ethyl adjacent to an activating group) is 1. The average molecular weight is 584 g/mol. The van der Waals surface area contributed by atoms with Crippen LogP contribution < -0.4 is 20.3 Å². The minimum absolute atomic E-state index is 0.114. The summed E-state index contributed by atoms with van der Waals surface area (Å²) in [4.78, 5) is 39.5. The van der Waals surface area contributed by atoms with E-state index >= 15 is 0 Å². The molecule has 43 heavy (non-hydrogen) atoms. The molecular weight excluding hydrogens is 546 g/mol. The summed E-state index contributed by atoms with van der Waals surface area (Å²) in [5.74, 6) is 0.742. The van der Waals surface area contributed by atoms with Crippen LogP contribution in [0.4, 0.5) is 23.0 Å². The van der Waals surface area contributed by atoms with Gasteiger partial charge in [0.2, 0.25) is 17.8 Å². The molecule has 0 aliphatic carbocycles. The third-order valence-electron chi connectivity index (χ3n) is 7.69. The van der Waals surface area contributed by atoms with Crippen molar-refractivity contribution >= 4 is 45.7 Å². The first kappa shape index (κ1) is 29.5. The SMILES string of the molecule is C=CC(=O)Nc1cc(Nc2nccc(-c3ccc4c(cnn4C)c3)n2)c(OC)cc1N(C)CCN1CCN(C(C)=O)CC1. The summed E-state index contributed by atoms with van der Waals surface area (Å²) in [6.45, 7) is 9.85. The molecule has 0 spiro atoms. The van der Waals surface area contributed by atoms with Crippen molar-refractivity contribution in [3.8, 4) is 17.0 Å². The molecule has 4 aromatic rings. The van der Waals surface area contributed by atoms with Crippen LogP contribution in [0.5, 0.6) is 5.75 Å². The zero-order valence-electron chi connectivity index (χ0n) is 25.0. The maximum absolute atomic E-state index is 12.4. The second kappa shape index (κ2) is 12.9. The molecule has 1 saturated heterocycles. The molecule has 12 heteroatoms. The fourth-order valence-electron chi connectivity index (χ4n) is 5.16. The van der Waals surface area contributed by atoms with E-state index in [0.29, 0.717) is 29.6 Å². The number of anilines is 4. The molecule has 1 fully saturated rings. The van der Waals surface area contributed by atoms with Gasteiger partial charge in [0.25, 0.3) is 0 Å². The molecule has 2 amide bonds. The van der Waals surface area contributed by atoms with Crippen molar-refractivity contribution in [1.82, 2.24) is 29.5 Å². The number of hydrogen-bond acceptors (Lipinski definition) is 9. The van der Waals surface area contributed by atoms with E-state index in [1.165, 1.54) is 6.08 Å². The number of hydrogen-bond donors (Lipinski definition) is 2. The van der Waals surface area contributed by atoms with Gasteiger partial charge >= 0.3 is 0 Å². The highest BCUT2D eigenvalue weighted by Gasteiger charge is 2.20. The molecule has 12 nitrogen and oxygen atoms in total. The molecule has 224 valence electrons. The van der Waals surface area contributed by atoms with Gasteiger partial charge in [-0.2, -0.15) is 5.10 Å². The number of piperazine rings is 1. The summed E-state index contributed by atoms with van der Waals surface area (Å²) in [5.41, 5.74) is 4.71. The van der Waals surface area contributed by atoms with Crippen LogP contribution in [-0.4, -0.2) is 94.8 Å². The Kier molecular flexibility index (Phi) is 8.86. The van der Waals surface area contributed by atoms with Crippen LogP contribution in [0.1, 0.15) is 6.92 Å². The summed E-state index contributed by atoms with van der Waals surface area (Å²) in [5, 5.41) is 11.5. The minimum Gasteiger partial charge on any atom is -0.494 e. The Morgan fingerprint density at radius 1 is 1.12 bits per heavy atom. The highest BCUT2D eigenvalue weighted by Crippen LogP contribution is 2.38. The van der Waals surface area contributed by atoms with Gasteiger partial charge in [-0.05, 0) is 30.3 Å². The number of amides is 2. The van der Waals surface area contributed by atoms with Crippen molar-refractivity contribution in [2.24, 2.45) is 7.05 Å². The summed E-state index contributed by atoms with van der Waals surface area (Å²) >= 11 is 0. The van der Waals surface area contributed by atoms with Crippen LogP contribution in [0.15, 0.2) is 61.4 Å². The smallest absolute Gasteiger partial charge is 0.247 e. The fraction of sp³-hybridized carbons (Fsp3) is 0.323. The van der Waals surface area contributed by atoms with Crippen LogP contribution >= 0.6 is 0 Å². The Morgan fingerprint density at radius 2 is 1.91 bits per heavy atom. The molecule has 0 atom stereocenters. The lowest BCUT2D eigenvalue weighted by Crippen LogP contribution is -2.49. The van der Waals surface area contributed by atoms with Crippen LogP contribution in [0.2, 0.25) is 0 Å². The molecule has 0 unspecified atom stereocenters. The van der Waals surface area contributed by atoms with E-state index < -0.39 is 0 Å². The van der Waals surface area contributed by atoms with Gasteiger partial charge in [-0.15, -0.1) is 0 Å². The van der Waals surface area contributed by atoms with Gasteiger partial charge in [0.1, 0.15) is 5.75 Å². The van der Waals surface area contributed by atoms with Gasteiger partial charge in [0, 0.05) is 83.5 Å². The van der Waals surface area contributed by atoms with Crippen molar-refractivity contribution in [2.75, 3.05) is 69.0 Å². The van der Waals surface area contributed by atoms with Gasteiger partial charge < -0.3 is 25.2 Å². The molecule has 2 N–H and O–H groups in total. The number of aryl methyl sites for hydroxylation is 1. The van der Waals surface area contributed by atoms with Crippen molar-refractivity contribution in [1.29, 1.82) is 0 Å². The summed E-state index contributed by atoms with van der Waals surface area (Å²) in [6, 6.07) is 11.6. The van der Waals surface area contributed by atoms with Gasteiger partial charge in [-0.1, -0.05) is 12.6 Å². The van der Waals surface area contributed by atoms with Gasteiger partial charge in [-0.25, -0.2) is 9.97 Å². The minimum atomic E-state index is -0.324. The van der Waals surface area contributed by atoms with Gasteiger partial charge in [0.15, 0.2) is 0 Å². The zero-order chi connectivity index (χ0) is 30.5. The number of ether oxygens (including phenoxy) is 1. The summed E-state index contributed by atoms with van der Waals surface area (Å²) in [7, 11) is 5.49. The summed E-state index contributed by atoms with van der Waals surface area (Å²) in [6.07, 6.45) is 4.76. The quantitative estimate of drug-likeness (QED) is 0.270. The molecular formula is C31H37N9O3. The third-order valence-corrected chi connectivity index (χ3v) is 7.69. The van der Waals surface area contributed by atoms with Crippen LogP contribution in [0.3, 0.4) is 0 Å². The highest BCUT2D eigenvalue weighted by atomic mass is 16.5. The lowest BCUT2D eigenvalue weighted by atomic mass is 10.1. The van der Waals surface area contributed by atoms with Crippen LogP contribution in [-0.2, 0) is 16.6 Å². The summed E-state index contributed by atoms with van der Waals surface area (Å²) < 4.78 is 7.59. The van der Waals surface area contributed by atoms with Crippen molar-refractivity contribution in [2.45, 2.75) is 6.92 Å². The molecule has 0 bridgehead atoms. The Balaban J connectivity index is 1.37. The predicted molar refractivity (Wildman–Crippen MR) is 169 cm³/mol. The average Bonchev–Trinajstić information content (AvgIpc) is 3.39. The molecule has 1 aliphatic rings. The Bertz CT molecular complexity index is 1640. The first-order valence-electron chi connectivity index (χ1n) is 14.1. The van der Waals surface area contributed by atoms with E-state index in [4.69, 9.17) is 9.72 Å². The van der Waals surface area contributed by atoms with E-state index in [1.54, 1.807) is 20.2 Å². The van der Waals surface area contributed by atoms with Crippen LogP contribution in [0.25, 0.3) is 22.2 Å². The van der Waals surface area contributed by atoms with Crippen molar-refractivity contribution in [3.63, 3.8) is 0 Å². The van der Waals surface area contributed by atoms with E-state index in [1.807, 2.05) is 66.3 Å². The standard InChI is InChI=1S/C31H37N9O3/c1-6-30(42)34-25-18-26(29(43-5)19-28(25)37(3)11-12-39-13-15-40(16-14-39)21(2)41)36-31-32-10-9-24(35-31)22-7-8-27-23(17-22)20-33-38(27)4/h6-10,17-20H,1,11-16H2,2-5H3,(H,34,42)(H,32,35,36). The van der Waals surface area contributed by atoms with Gasteiger partial charge in [-0.3, -0.25) is 19.2 Å². The molecule has 2 aromatic carbocycles.